The first kappa shape index (κ1) is 24.7. The molecule has 2 heterocycles. The molecule has 0 radical (unpaired) electrons. The molecule has 2 aliphatic rings. The zero-order valence-electron chi connectivity index (χ0n) is 20.3. The number of halogens is 3. The molecule has 192 valence electrons. The van der Waals surface area contributed by atoms with Crippen LogP contribution in [0.3, 0.4) is 0 Å². The molecule has 3 aromatic carbocycles. The van der Waals surface area contributed by atoms with Gasteiger partial charge in [0.1, 0.15) is 17.1 Å². The van der Waals surface area contributed by atoms with Crippen LogP contribution in [0, 0.1) is 0 Å². The van der Waals surface area contributed by atoms with E-state index >= 15 is 0 Å². The zero-order valence-corrected chi connectivity index (χ0v) is 20.3. The summed E-state index contributed by atoms with van der Waals surface area (Å²) < 4.78 is 49.3. The first-order valence-corrected chi connectivity index (χ1v) is 11.7. The second kappa shape index (κ2) is 8.26. The summed E-state index contributed by atoms with van der Waals surface area (Å²) in [5.74, 6) is -1.34. The van der Waals surface area contributed by atoms with Gasteiger partial charge in [-0.05, 0) is 92.8 Å². The van der Waals surface area contributed by atoms with Gasteiger partial charge < -0.3 is 14.6 Å². The van der Waals surface area contributed by atoms with Crippen LogP contribution < -0.4 is 14.4 Å². The molecular formula is C28H24F3NO5. The second-order valence-corrected chi connectivity index (χ2v) is 10.0. The fraction of sp³-hybridized carbons (Fsp3) is 0.286. The summed E-state index contributed by atoms with van der Waals surface area (Å²) in [4.78, 5) is 27.0. The summed E-state index contributed by atoms with van der Waals surface area (Å²) in [5, 5.41) is 9.45. The van der Waals surface area contributed by atoms with Crippen LogP contribution in [0.15, 0.2) is 60.7 Å². The normalized spacial score (nSPS) is 20.2. The lowest BCUT2D eigenvalue weighted by molar-refractivity contribution is -0.274. The predicted molar refractivity (Wildman–Crippen MR) is 130 cm³/mol. The molecule has 37 heavy (non-hydrogen) atoms. The van der Waals surface area contributed by atoms with E-state index in [1.54, 1.807) is 25.1 Å². The van der Waals surface area contributed by atoms with Crippen molar-refractivity contribution >= 4 is 23.3 Å². The van der Waals surface area contributed by atoms with E-state index in [4.69, 9.17) is 4.74 Å². The van der Waals surface area contributed by atoms with Gasteiger partial charge in [-0.1, -0.05) is 18.2 Å². The summed E-state index contributed by atoms with van der Waals surface area (Å²) in [5.41, 5.74) is 0.722. The number of carbonyl (C=O) groups is 2. The fourth-order valence-electron chi connectivity index (χ4n) is 5.04. The summed E-state index contributed by atoms with van der Waals surface area (Å²) >= 11 is 0. The Morgan fingerprint density at radius 1 is 1.05 bits per heavy atom. The first-order chi connectivity index (χ1) is 17.3. The van der Waals surface area contributed by atoms with E-state index in [0.29, 0.717) is 28.3 Å². The molecule has 0 saturated heterocycles. The van der Waals surface area contributed by atoms with Gasteiger partial charge in [-0.15, -0.1) is 13.2 Å². The quantitative estimate of drug-likeness (QED) is 0.441. The minimum Gasteiger partial charge on any atom is -0.488 e. The van der Waals surface area contributed by atoms with Crippen molar-refractivity contribution in [3.8, 4) is 11.5 Å². The average molecular weight is 511 g/mol. The van der Waals surface area contributed by atoms with E-state index in [2.05, 4.69) is 4.74 Å². The Bertz CT molecular complexity index is 1430. The lowest BCUT2D eigenvalue weighted by Gasteiger charge is -2.34. The maximum Gasteiger partial charge on any atom is 0.573 e. The second-order valence-electron chi connectivity index (χ2n) is 10.0. The van der Waals surface area contributed by atoms with Gasteiger partial charge in [0.15, 0.2) is 0 Å². The lowest BCUT2D eigenvalue weighted by atomic mass is 9.76. The van der Waals surface area contributed by atoms with Crippen LogP contribution >= 0.6 is 0 Å². The van der Waals surface area contributed by atoms with Gasteiger partial charge in [0, 0.05) is 5.69 Å². The molecule has 1 amide bonds. The van der Waals surface area contributed by atoms with E-state index in [-0.39, 0.29) is 11.2 Å². The molecule has 9 heteroatoms. The molecule has 6 nitrogen and oxygen atoms in total. The van der Waals surface area contributed by atoms with Crippen molar-refractivity contribution < 1.29 is 37.3 Å². The number of amides is 1. The largest absolute Gasteiger partial charge is 0.573 e. The number of aromatic carboxylic acids is 1. The summed E-state index contributed by atoms with van der Waals surface area (Å²) in [6.45, 7) is 5.64. The van der Waals surface area contributed by atoms with Crippen molar-refractivity contribution in [2.24, 2.45) is 0 Å². The molecular weight excluding hydrogens is 487 g/mol. The van der Waals surface area contributed by atoms with E-state index in [1.165, 1.54) is 35.2 Å². The van der Waals surface area contributed by atoms with Crippen LogP contribution in [0.25, 0.3) is 0 Å². The highest BCUT2D eigenvalue weighted by Crippen LogP contribution is 2.51. The molecule has 2 aliphatic heterocycles. The van der Waals surface area contributed by atoms with Gasteiger partial charge in [0.05, 0.1) is 16.7 Å². The number of hydrogen-bond acceptors (Lipinski definition) is 4. The van der Waals surface area contributed by atoms with Gasteiger partial charge in [0.25, 0.3) is 0 Å². The van der Waals surface area contributed by atoms with E-state index in [0.717, 1.165) is 24.5 Å². The van der Waals surface area contributed by atoms with Crippen molar-refractivity contribution in [1.82, 2.24) is 0 Å². The van der Waals surface area contributed by atoms with Crippen molar-refractivity contribution in [3.05, 3.63) is 82.9 Å². The van der Waals surface area contributed by atoms with Crippen LogP contribution in [0.1, 0.15) is 54.2 Å². The third kappa shape index (κ3) is 4.28. The molecule has 1 atom stereocenters. The Labute approximate surface area is 211 Å². The topological polar surface area (TPSA) is 76.1 Å². The van der Waals surface area contributed by atoms with Gasteiger partial charge in [-0.25, -0.2) is 4.79 Å². The van der Waals surface area contributed by atoms with Crippen LogP contribution in [-0.4, -0.2) is 28.9 Å². The number of alkyl halides is 3. The average Bonchev–Trinajstić information content (AvgIpc) is 3.04. The number of carbonyl (C=O) groups excluding carboxylic acids is 1. The number of anilines is 2. The lowest BCUT2D eigenvalue weighted by Crippen LogP contribution is -2.37. The third-order valence-electron chi connectivity index (χ3n) is 6.98. The monoisotopic (exact) mass is 511 g/mol. The standard InChI is InChI=1S/C28H24F3NO5/c1-26(2)12-11-16-13-18(7-10-23(16)37-26)27(3)21-15-20(36-28(29,30)31)8-9-22(21)32(25(27)35)19-6-4-5-17(14-19)24(33)34/h4-10,13-15H,11-12H2,1-3H3,(H,33,34). The van der Waals surface area contributed by atoms with Crippen LogP contribution in [0.2, 0.25) is 0 Å². The highest BCUT2D eigenvalue weighted by Gasteiger charge is 2.50. The van der Waals surface area contributed by atoms with Crippen LogP contribution in [0.4, 0.5) is 24.5 Å². The zero-order chi connectivity index (χ0) is 26.8. The molecule has 5 rings (SSSR count). The van der Waals surface area contributed by atoms with Crippen molar-refractivity contribution in [2.45, 2.75) is 51.0 Å². The number of carboxylic acid groups (broad SMARTS) is 1. The SMILES string of the molecule is CC1(C)CCc2cc(C3(C)C(=O)N(c4cccc(C(=O)O)c4)c4ccc(OC(F)(F)F)cc43)ccc2O1. The molecule has 0 aromatic heterocycles. The number of ether oxygens (including phenoxy) is 2. The molecule has 0 aliphatic carbocycles. The van der Waals surface area contributed by atoms with Gasteiger partial charge in [-0.2, -0.15) is 0 Å². The summed E-state index contributed by atoms with van der Waals surface area (Å²) in [6.07, 6.45) is -3.42. The Balaban J connectivity index is 1.68. The Morgan fingerprint density at radius 2 is 1.81 bits per heavy atom. The molecule has 3 aromatic rings. The maximum absolute atomic E-state index is 14.1. The summed E-state index contributed by atoms with van der Waals surface area (Å²) in [6, 6.07) is 15.0. The van der Waals surface area contributed by atoms with E-state index in [1.807, 2.05) is 19.9 Å². The Hall–Kier alpha value is -4.01. The predicted octanol–water partition coefficient (Wildman–Crippen LogP) is 6.37. The van der Waals surface area contributed by atoms with Gasteiger partial charge >= 0.3 is 12.3 Å². The molecule has 1 N–H and O–H groups in total. The molecule has 0 spiro atoms. The molecule has 0 saturated carbocycles. The number of hydrogen-bond donors (Lipinski definition) is 1. The van der Waals surface area contributed by atoms with Crippen LogP contribution in [0.5, 0.6) is 11.5 Å². The highest BCUT2D eigenvalue weighted by atomic mass is 19.4. The number of aryl methyl sites for hydroxylation is 1. The minimum atomic E-state index is -4.90. The Kier molecular flexibility index (Phi) is 5.51. The van der Waals surface area contributed by atoms with E-state index < -0.39 is 29.4 Å². The third-order valence-corrected chi connectivity index (χ3v) is 6.98. The van der Waals surface area contributed by atoms with Crippen molar-refractivity contribution in [3.63, 3.8) is 0 Å². The molecule has 0 bridgehead atoms. The smallest absolute Gasteiger partial charge is 0.488 e. The number of benzene rings is 3. The first-order valence-electron chi connectivity index (χ1n) is 11.7. The minimum absolute atomic E-state index is 0.0222. The number of rotatable bonds is 4. The van der Waals surface area contributed by atoms with Crippen molar-refractivity contribution in [1.29, 1.82) is 0 Å². The number of nitrogens with zero attached hydrogens (tertiary/aromatic N) is 1. The van der Waals surface area contributed by atoms with E-state index in [9.17, 15) is 27.9 Å². The van der Waals surface area contributed by atoms with Crippen molar-refractivity contribution in [2.75, 3.05) is 4.90 Å². The maximum atomic E-state index is 14.1. The molecule has 0 fully saturated rings. The van der Waals surface area contributed by atoms with Gasteiger partial charge in [-0.3, -0.25) is 9.69 Å². The highest BCUT2D eigenvalue weighted by molar-refractivity contribution is 6.15. The fourth-order valence-corrected chi connectivity index (χ4v) is 5.04. The summed E-state index contributed by atoms with van der Waals surface area (Å²) in [7, 11) is 0. The van der Waals surface area contributed by atoms with Crippen LogP contribution in [-0.2, 0) is 16.6 Å². The number of carboxylic acids is 1. The molecule has 1 unspecified atom stereocenters. The Morgan fingerprint density at radius 3 is 2.51 bits per heavy atom. The van der Waals surface area contributed by atoms with Gasteiger partial charge in [0.2, 0.25) is 5.91 Å². The number of fused-ring (bicyclic) bond motifs is 2.